The summed E-state index contributed by atoms with van der Waals surface area (Å²) in [5.41, 5.74) is 2.45. The zero-order valence-electron chi connectivity index (χ0n) is 18.7. The molecule has 0 aliphatic heterocycles. The fourth-order valence-corrected chi connectivity index (χ4v) is 3.12. The molecule has 31 heavy (non-hydrogen) atoms. The van der Waals surface area contributed by atoms with Gasteiger partial charge in [-0.3, -0.25) is 19.3 Å². The van der Waals surface area contributed by atoms with Crippen LogP contribution in [0.3, 0.4) is 0 Å². The Morgan fingerprint density at radius 2 is 1.55 bits per heavy atom. The van der Waals surface area contributed by atoms with Gasteiger partial charge in [0.25, 0.3) is 5.91 Å². The van der Waals surface area contributed by atoms with E-state index >= 15 is 0 Å². The summed E-state index contributed by atoms with van der Waals surface area (Å²) in [4.78, 5) is 38.5. The number of esters is 2. The van der Waals surface area contributed by atoms with Gasteiger partial charge < -0.3 is 9.47 Å². The van der Waals surface area contributed by atoms with E-state index in [9.17, 15) is 14.4 Å². The van der Waals surface area contributed by atoms with Gasteiger partial charge in [0.2, 0.25) is 0 Å². The SMILES string of the molecule is CCOC(=O)CN(COC(=O)C(C)c1ccc(CC(C)C)cc1)C(=O)c1ccccc1. The fraction of sp³-hybridized carbons (Fsp3) is 0.400. The lowest BCUT2D eigenvalue weighted by molar-refractivity contribution is -0.153. The second-order valence-electron chi connectivity index (χ2n) is 7.83. The molecule has 0 heterocycles. The Hall–Kier alpha value is -3.15. The van der Waals surface area contributed by atoms with Crippen LogP contribution in [0.15, 0.2) is 54.6 Å². The summed E-state index contributed by atoms with van der Waals surface area (Å²) in [6.45, 7) is 7.34. The molecule has 0 radical (unpaired) electrons. The molecule has 0 fully saturated rings. The van der Waals surface area contributed by atoms with E-state index in [-0.39, 0.29) is 19.9 Å². The summed E-state index contributed by atoms with van der Waals surface area (Å²) in [5, 5.41) is 0. The van der Waals surface area contributed by atoms with E-state index in [0.29, 0.717) is 11.5 Å². The predicted molar refractivity (Wildman–Crippen MR) is 118 cm³/mol. The molecule has 0 saturated heterocycles. The number of carbonyl (C=O) groups excluding carboxylic acids is 3. The first-order chi connectivity index (χ1) is 14.8. The molecule has 6 nitrogen and oxygen atoms in total. The van der Waals surface area contributed by atoms with Crippen LogP contribution in [0.5, 0.6) is 0 Å². The topological polar surface area (TPSA) is 72.9 Å². The molecule has 0 N–H and O–H groups in total. The van der Waals surface area contributed by atoms with E-state index in [4.69, 9.17) is 9.47 Å². The zero-order chi connectivity index (χ0) is 22.8. The van der Waals surface area contributed by atoms with Gasteiger partial charge in [-0.1, -0.05) is 56.3 Å². The first kappa shape index (κ1) is 24.1. The van der Waals surface area contributed by atoms with Gasteiger partial charge in [0.05, 0.1) is 12.5 Å². The van der Waals surface area contributed by atoms with Gasteiger partial charge in [0.1, 0.15) is 6.54 Å². The normalized spacial score (nSPS) is 11.6. The number of ether oxygens (including phenoxy) is 2. The van der Waals surface area contributed by atoms with Crippen molar-refractivity contribution in [1.29, 1.82) is 0 Å². The molecule has 0 saturated carbocycles. The van der Waals surface area contributed by atoms with Crippen LogP contribution in [0.1, 0.15) is 55.1 Å². The van der Waals surface area contributed by atoms with Crippen molar-refractivity contribution in [2.45, 2.75) is 40.0 Å². The molecule has 0 aliphatic rings. The molecule has 6 heteroatoms. The van der Waals surface area contributed by atoms with Gasteiger partial charge >= 0.3 is 11.9 Å². The summed E-state index contributed by atoms with van der Waals surface area (Å²) in [6.07, 6.45) is 0.976. The molecule has 0 spiro atoms. The first-order valence-electron chi connectivity index (χ1n) is 10.6. The van der Waals surface area contributed by atoms with Crippen LogP contribution in [0.25, 0.3) is 0 Å². The molecule has 0 aromatic heterocycles. The Balaban J connectivity index is 2.04. The monoisotopic (exact) mass is 425 g/mol. The predicted octanol–water partition coefficient (Wildman–Crippen LogP) is 4.19. The van der Waals surface area contributed by atoms with Crippen LogP contribution in [0.2, 0.25) is 0 Å². The smallest absolute Gasteiger partial charge is 0.325 e. The summed E-state index contributed by atoms with van der Waals surface area (Å²) < 4.78 is 10.3. The number of amides is 1. The molecule has 2 rings (SSSR count). The molecule has 0 bridgehead atoms. The minimum absolute atomic E-state index is 0.204. The Labute approximate surface area is 184 Å². The Morgan fingerprint density at radius 3 is 2.13 bits per heavy atom. The second kappa shape index (κ2) is 11.9. The third-order valence-corrected chi connectivity index (χ3v) is 4.77. The fourth-order valence-electron chi connectivity index (χ4n) is 3.12. The van der Waals surface area contributed by atoms with Crippen molar-refractivity contribution >= 4 is 17.8 Å². The number of hydrogen-bond acceptors (Lipinski definition) is 5. The molecule has 1 amide bonds. The lowest BCUT2D eigenvalue weighted by Gasteiger charge is -2.22. The Bertz CT molecular complexity index is 861. The van der Waals surface area contributed by atoms with Gasteiger partial charge in [-0.05, 0) is 49.4 Å². The highest BCUT2D eigenvalue weighted by atomic mass is 16.6. The lowest BCUT2D eigenvalue weighted by atomic mass is 9.97. The van der Waals surface area contributed by atoms with E-state index in [0.717, 1.165) is 12.0 Å². The van der Waals surface area contributed by atoms with Crippen LogP contribution >= 0.6 is 0 Å². The second-order valence-corrected chi connectivity index (χ2v) is 7.83. The molecule has 1 unspecified atom stereocenters. The highest BCUT2D eigenvalue weighted by Crippen LogP contribution is 2.19. The minimum Gasteiger partial charge on any atom is -0.465 e. The van der Waals surface area contributed by atoms with Crippen LogP contribution in [-0.2, 0) is 25.5 Å². The van der Waals surface area contributed by atoms with Gasteiger partial charge in [0, 0.05) is 5.56 Å². The van der Waals surface area contributed by atoms with Crippen molar-refractivity contribution in [1.82, 2.24) is 4.90 Å². The minimum atomic E-state index is -0.559. The van der Waals surface area contributed by atoms with Gasteiger partial charge in [0.15, 0.2) is 6.73 Å². The largest absolute Gasteiger partial charge is 0.465 e. The van der Waals surface area contributed by atoms with E-state index in [1.807, 2.05) is 24.3 Å². The standard InChI is InChI=1S/C25H31NO5/c1-5-30-23(27)16-26(24(28)22-9-7-6-8-10-22)17-31-25(29)19(4)21-13-11-20(12-14-21)15-18(2)3/h6-14,18-19H,5,15-17H2,1-4H3. The molecule has 2 aromatic rings. The molecule has 1 atom stereocenters. The highest BCUT2D eigenvalue weighted by molar-refractivity contribution is 5.96. The van der Waals surface area contributed by atoms with Crippen molar-refractivity contribution in [2.75, 3.05) is 19.9 Å². The van der Waals surface area contributed by atoms with Crippen LogP contribution in [-0.4, -0.2) is 42.6 Å². The van der Waals surface area contributed by atoms with E-state index in [2.05, 4.69) is 13.8 Å². The van der Waals surface area contributed by atoms with E-state index in [1.165, 1.54) is 10.5 Å². The van der Waals surface area contributed by atoms with Crippen LogP contribution in [0.4, 0.5) is 0 Å². The van der Waals surface area contributed by atoms with Gasteiger partial charge in [-0.15, -0.1) is 0 Å². The summed E-state index contributed by atoms with van der Waals surface area (Å²) >= 11 is 0. The zero-order valence-corrected chi connectivity index (χ0v) is 18.7. The number of benzene rings is 2. The summed E-state index contributed by atoms with van der Waals surface area (Å²) in [7, 11) is 0. The molecular formula is C25H31NO5. The maximum atomic E-state index is 12.8. The summed E-state index contributed by atoms with van der Waals surface area (Å²) in [6, 6.07) is 16.4. The van der Waals surface area contributed by atoms with E-state index in [1.54, 1.807) is 44.2 Å². The molecule has 166 valence electrons. The number of carbonyl (C=O) groups is 3. The molecular weight excluding hydrogens is 394 g/mol. The Kier molecular flexibility index (Phi) is 9.25. The maximum absolute atomic E-state index is 12.8. The van der Waals surface area contributed by atoms with Gasteiger partial charge in [-0.25, -0.2) is 0 Å². The molecule has 0 aliphatic carbocycles. The van der Waals surface area contributed by atoms with Gasteiger partial charge in [-0.2, -0.15) is 0 Å². The third-order valence-electron chi connectivity index (χ3n) is 4.77. The Morgan fingerprint density at radius 1 is 0.903 bits per heavy atom. The summed E-state index contributed by atoms with van der Waals surface area (Å²) in [5.74, 6) is -1.37. The maximum Gasteiger partial charge on any atom is 0.325 e. The molecule has 2 aromatic carbocycles. The average molecular weight is 426 g/mol. The number of hydrogen-bond donors (Lipinski definition) is 0. The average Bonchev–Trinajstić information content (AvgIpc) is 2.76. The highest BCUT2D eigenvalue weighted by Gasteiger charge is 2.23. The van der Waals surface area contributed by atoms with Crippen molar-refractivity contribution < 1.29 is 23.9 Å². The van der Waals surface area contributed by atoms with Crippen LogP contribution in [0, 0.1) is 5.92 Å². The quantitative estimate of drug-likeness (QED) is 0.421. The lowest BCUT2D eigenvalue weighted by Crippen LogP contribution is -2.39. The van der Waals surface area contributed by atoms with Crippen molar-refractivity contribution in [3.05, 3.63) is 71.3 Å². The third kappa shape index (κ3) is 7.55. The van der Waals surface area contributed by atoms with Crippen molar-refractivity contribution in [2.24, 2.45) is 5.92 Å². The van der Waals surface area contributed by atoms with Crippen LogP contribution < -0.4 is 0 Å². The van der Waals surface area contributed by atoms with Crippen molar-refractivity contribution in [3.8, 4) is 0 Å². The first-order valence-corrected chi connectivity index (χ1v) is 10.6. The number of rotatable bonds is 10. The number of nitrogens with zero attached hydrogens (tertiary/aromatic N) is 1. The van der Waals surface area contributed by atoms with Crippen molar-refractivity contribution in [3.63, 3.8) is 0 Å². The van der Waals surface area contributed by atoms with E-state index < -0.39 is 23.8 Å².